The van der Waals surface area contributed by atoms with E-state index in [1.54, 1.807) is 55.5 Å². The molecule has 0 aliphatic rings. The summed E-state index contributed by atoms with van der Waals surface area (Å²) in [4.78, 5) is 13.2. The molecule has 0 aliphatic heterocycles. The zero-order chi connectivity index (χ0) is 25.8. The molecule has 0 saturated heterocycles. The molecule has 8 nitrogen and oxygen atoms in total. The molecule has 0 radical (unpaired) electrons. The third kappa shape index (κ3) is 6.40. The molecular weight excluding hydrogens is 488 g/mol. The second kappa shape index (κ2) is 10.5. The van der Waals surface area contributed by atoms with Crippen molar-refractivity contribution in [3.63, 3.8) is 0 Å². The van der Waals surface area contributed by atoms with Crippen molar-refractivity contribution >= 4 is 31.5 Å². The average Bonchev–Trinajstić information content (AvgIpc) is 2.82. The third-order valence-electron chi connectivity index (χ3n) is 5.44. The Morgan fingerprint density at radius 3 is 1.94 bits per heavy atom. The molecule has 0 bridgehead atoms. The van der Waals surface area contributed by atoms with E-state index in [0.717, 1.165) is 16.1 Å². The standard InChI is InChI=1S/C25H28N2O6S2/c1-18-5-13-24(14-6-18)35(31,32)27(21-9-11-22(33-3)12-10-21)17-25(28)26-19(2)20-7-15-23(16-8-20)34(4,29)30/h5-16,19H,17H2,1-4H3,(H,26,28). The molecular formula is C25H28N2O6S2. The van der Waals surface area contributed by atoms with Crippen LogP contribution in [0.4, 0.5) is 5.69 Å². The van der Waals surface area contributed by atoms with Crippen LogP contribution in [0.5, 0.6) is 5.75 Å². The maximum Gasteiger partial charge on any atom is 0.264 e. The minimum Gasteiger partial charge on any atom is -0.497 e. The van der Waals surface area contributed by atoms with Crippen LogP contribution in [0.1, 0.15) is 24.1 Å². The van der Waals surface area contributed by atoms with Crippen LogP contribution in [0.2, 0.25) is 0 Å². The summed E-state index contributed by atoms with van der Waals surface area (Å²) in [6.45, 7) is 3.14. The number of hydrogen-bond donors (Lipinski definition) is 1. The summed E-state index contributed by atoms with van der Waals surface area (Å²) >= 11 is 0. The van der Waals surface area contributed by atoms with Crippen LogP contribution in [-0.2, 0) is 24.7 Å². The number of carbonyl (C=O) groups is 1. The van der Waals surface area contributed by atoms with Crippen LogP contribution >= 0.6 is 0 Å². The van der Waals surface area contributed by atoms with Gasteiger partial charge in [-0.3, -0.25) is 9.10 Å². The van der Waals surface area contributed by atoms with Gasteiger partial charge in [-0.1, -0.05) is 29.8 Å². The van der Waals surface area contributed by atoms with Crippen LogP contribution in [-0.4, -0.2) is 42.7 Å². The van der Waals surface area contributed by atoms with Crippen molar-refractivity contribution in [3.05, 3.63) is 83.9 Å². The Bertz CT molecular complexity index is 1380. The number of carbonyl (C=O) groups excluding carboxylic acids is 1. The molecule has 35 heavy (non-hydrogen) atoms. The van der Waals surface area contributed by atoms with E-state index in [4.69, 9.17) is 4.74 Å². The summed E-state index contributed by atoms with van der Waals surface area (Å²) in [5.41, 5.74) is 1.91. The van der Waals surface area contributed by atoms with Gasteiger partial charge in [0.05, 0.1) is 28.6 Å². The number of anilines is 1. The lowest BCUT2D eigenvalue weighted by molar-refractivity contribution is -0.120. The highest BCUT2D eigenvalue weighted by molar-refractivity contribution is 7.93. The molecule has 1 N–H and O–H groups in total. The van der Waals surface area contributed by atoms with Crippen molar-refractivity contribution in [1.29, 1.82) is 0 Å². The van der Waals surface area contributed by atoms with Crippen LogP contribution in [0.3, 0.4) is 0 Å². The van der Waals surface area contributed by atoms with Gasteiger partial charge in [0.2, 0.25) is 5.91 Å². The maximum atomic E-state index is 13.5. The number of ether oxygens (including phenoxy) is 1. The van der Waals surface area contributed by atoms with Gasteiger partial charge in [0.25, 0.3) is 10.0 Å². The number of sulfone groups is 1. The fraction of sp³-hybridized carbons (Fsp3) is 0.240. The van der Waals surface area contributed by atoms with Gasteiger partial charge < -0.3 is 10.1 Å². The minimum absolute atomic E-state index is 0.0659. The number of amides is 1. The molecule has 3 aromatic rings. The normalized spacial score (nSPS) is 12.6. The summed E-state index contributed by atoms with van der Waals surface area (Å²) in [6, 6.07) is 18.5. The summed E-state index contributed by atoms with van der Waals surface area (Å²) in [6.07, 6.45) is 1.12. The Balaban J connectivity index is 1.86. The molecule has 186 valence electrons. The van der Waals surface area contributed by atoms with E-state index >= 15 is 0 Å². The first kappa shape index (κ1) is 26.2. The Labute approximate surface area is 206 Å². The molecule has 10 heteroatoms. The Morgan fingerprint density at radius 2 is 1.43 bits per heavy atom. The Kier molecular flexibility index (Phi) is 7.86. The summed E-state index contributed by atoms with van der Waals surface area (Å²) < 4.78 is 56.5. The molecule has 1 amide bonds. The minimum atomic E-state index is -4.04. The zero-order valence-electron chi connectivity index (χ0n) is 19.9. The van der Waals surface area contributed by atoms with E-state index in [0.29, 0.717) is 17.0 Å². The monoisotopic (exact) mass is 516 g/mol. The number of methoxy groups -OCH3 is 1. The van der Waals surface area contributed by atoms with Crippen molar-refractivity contribution in [3.8, 4) is 5.75 Å². The lowest BCUT2D eigenvalue weighted by atomic mass is 10.1. The van der Waals surface area contributed by atoms with Gasteiger partial charge >= 0.3 is 0 Å². The lowest BCUT2D eigenvalue weighted by Crippen LogP contribution is -2.41. The first-order valence-electron chi connectivity index (χ1n) is 10.7. The van der Waals surface area contributed by atoms with E-state index in [1.807, 2.05) is 6.92 Å². The number of benzene rings is 3. The fourth-order valence-corrected chi connectivity index (χ4v) is 5.46. The smallest absolute Gasteiger partial charge is 0.264 e. The lowest BCUT2D eigenvalue weighted by Gasteiger charge is -2.25. The highest BCUT2D eigenvalue weighted by Crippen LogP contribution is 2.26. The highest BCUT2D eigenvalue weighted by atomic mass is 32.2. The molecule has 1 atom stereocenters. The maximum absolute atomic E-state index is 13.5. The van der Waals surface area contributed by atoms with E-state index in [-0.39, 0.29) is 9.79 Å². The van der Waals surface area contributed by atoms with Crippen LogP contribution in [0, 0.1) is 6.92 Å². The van der Waals surface area contributed by atoms with E-state index in [1.165, 1.54) is 31.4 Å². The summed E-state index contributed by atoms with van der Waals surface area (Å²) in [5, 5.41) is 2.79. The number of nitrogens with zero attached hydrogens (tertiary/aromatic N) is 1. The largest absolute Gasteiger partial charge is 0.497 e. The summed E-state index contributed by atoms with van der Waals surface area (Å²) in [5.74, 6) is 0.0354. The van der Waals surface area contributed by atoms with Gasteiger partial charge in [-0.15, -0.1) is 0 Å². The third-order valence-corrected chi connectivity index (χ3v) is 8.36. The van der Waals surface area contributed by atoms with Crippen LogP contribution < -0.4 is 14.4 Å². The molecule has 0 aromatic heterocycles. The number of aryl methyl sites for hydroxylation is 1. The van der Waals surface area contributed by atoms with E-state index < -0.39 is 38.4 Å². The van der Waals surface area contributed by atoms with E-state index in [2.05, 4.69) is 5.32 Å². The Morgan fingerprint density at radius 1 is 0.886 bits per heavy atom. The SMILES string of the molecule is COc1ccc(N(CC(=O)NC(C)c2ccc(S(C)(=O)=O)cc2)S(=O)(=O)c2ccc(C)cc2)cc1. The molecule has 3 aromatic carbocycles. The predicted molar refractivity (Wildman–Crippen MR) is 135 cm³/mol. The quantitative estimate of drug-likeness (QED) is 0.466. The number of hydrogen-bond acceptors (Lipinski definition) is 6. The van der Waals surface area contributed by atoms with Crippen LogP contribution in [0.25, 0.3) is 0 Å². The van der Waals surface area contributed by atoms with Gasteiger partial charge in [0.1, 0.15) is 12.3 Å². The van der Waals surface area contributed by atoms with E-state index in [9.17, 15) is 21.6 Å². The second-order valence-electron chi connectivity index (χ2n) is 8.15. The molecule has 1 unspecified atom stereocenters. The first-order valence-corrected chi connectivity index (χ1v) is 14.1. The van der Waals surface area contributed by atoms with Crippen molar-refractivity contribution in [2.45, 2.75) is 29.7 Å². The van der Waals surface area contributed by atoms with Crippen molar-refractivity contribution in [2.75, 3.05) is 24.2 Å². The van der Waals surface area contributed by atoms with Crippen molar-refractivity contribution < 1.29 is 26.4 Å². The number of nitrogens with one attached hydrogen (secondary N) is 1. The van der Waals surface area contributed by atoms with Gasteiger partial charge in [0, 0.05) is 6.26 Å². The van der Waals surface area contributed by atoms with Crippen molar-refractivity contribution in [2.24, 2.45) is 0 Å². The molecule has 0 aliphatic carbocycles. The number of sulfonamides is 1. The highest BCUT2D eigenvalue weighted by Gasteiger charge is 2.28. The van der Waals surface area contributed by atoms with Crippen molar-refractivity contribution in [1.82, 2.24) is 5.32 Å². The van der Waals surface area contributed by atoms with Gasteiger partial charge in [0.15, 0.2) is 9.84 Å². The molecule has 0 fully saturated rings. The molecule has 3 rings (SSSR count). The predicted octanol–water partition coefficient (Wildman–Crippen LogP) is 3.48. The van der Waals surface area contributed by atoms with Gasteiger partial charge in [-0.05, 0) is 67.9 Å². The topological polar surface area (TPSA) is 110 Å². The Hall–Kier alpha value is -3.37. The average molecular weight is 517 g/mol. The molecule has 0 spiro atoms. The molecule has 0 heterocycles. The second-order valence-corrected chi connectivity index (χ2v) is 12.0. The van der Waals surface area contributed by atoms with Crippen LogP contribution in [0.15, 0.2) is 82.6 Å². The van der Waals surface area contributed by atoms with Gasteiger partial charge in [-0.2, -0.15) is 0 Å². The number of rotatable bonds is 9. The zero-order valence-corrected chi connectivity index (χ0v) is 21.6. The fourth-order valence-electron chi connectivity index (χ4n) is 3.41. The summed E-state index contributed by atoms with van der Waals surface area (Å²) in [7, 11) is -5.87. The molecule has 0 saturated carbocycles. The first-order chi connectivity index (χ1) is 16.4. The van der Waals surface area contributed by atoms with Gasteiger partial charge in [-0.25, -0.2) is 16.8 Å².